The van der Waals surface area contributed by atoms with Crippen molar-refractivity contribution in [2.45, 2.75) is 56.9 Å². The summed E-state index contributed by atoms with van der Waals surface area (Å²) in [7, 11) is 0. The van der Waals surface area contributed by atoms with E-state index in [-0.39, 0.29) is 19.1 Å². The first-order valence-electron chi connectivity index (χ1n) is 13.7. The van der Waals surface area contributed by atoms with Crippen LogP contribution >= 0.6 is 0 Å². The summed E-state index contributed by atoms with van der Waals surface area (Å²) in [5, 5.41) is 14.9. The average Bonchev–Trinajstić information content (AvgIpc) is 3.73. The molecule has 3 N–H and O–H groups in total. The van der Waals surface area contributed by atoms with Crippen molar-refractivity contribution >= 4 is 18.0 Å². The molecule has 1 saturated carbocycles. The fourth-order valence-electron chi connectivity index (χ4n) is 5.23. The molecule has 0 aromatic heterocycles. The molecule has 3 atom stereocenters. The number of carboxylic acids is 1. The van der Waals surface area contributed by atoms with Crippen LogP contribution in [0.15, 0.2) is 78.9 Å². The van der Waals surface area contributed by atoms with Gasteiger partial charge in [-0.05, 0) is 47.1 Å². The Kier molecular flexibility index (Phi) is 8.45. The van der Waals surface area contributed by atoms with Crippen LogP contribution in [-0.4, -0.2) is 47.9 Å². The number of fused-ring (bicyclic) bond motifs is 3. The van der Waals surface area contributed by atoms with Gasteiger partial charge >= 0.3 is 12.1 Å². The highest BCUT2D eigenvalue weighted by Gasteiger charge is 2.35. The van der Waals surface area contributed by atoms with Crippen molar-refractivity contribution in [3.63, 3.8) is 0 Å². The van der Waals surface area contributed by atoms with Gasteiger partial charge in [-0.2, -0.15) is 0 Å². The Bertz CT molecular complexity index is 1310. The van der Waals surface area contributed by atoms with E-state index in [1.165, 1.54) is 0 Å². The highest BCUT2D eigenvalue weighted by atomic mass is 16.5. The van der Waals surface area contributed by atoms with Crippen molar-refractivity contribution in [1.29, 1.82) is 0 Å². The van der Waals surface area contributed by atoms with Gasteiger partial charge in [0.05, 0.1) is 12.7 Å². The summed E-state index contributed by atoms with van der Waals surface area (Å²) >= 11 is 0. The minimum absolute atomic E-state index is 0.0902. The van der Waals surface area contributed by atoms with Crippen LogP contribution in [0.4, 0.5) is 4.79 Å². The lowest BCUT2D eigenvalue weighted by atomic mass is 9.98. The summed E-state index contributed by atoms with van der Waals surface area (Å²) in [6.45, 7) is 1.99. The largest absolute Gasteiger partial charge is 0.480 e. The first kappa shape index (κ1) is 27.4. The molecule has 0 heterocycles. The Morgan fingerprint density at radius 2 is 1.48 bits per heavy atom. The second-order valence-electron chi connectivity index (χ2n) is 10.5. The van der Waals surface area contributed by atoms with Crippen LogP contribution in [0.3, 0.4) is 0 Å². The maximum absolute atomic E-state index is 13.3. The van der Waals surface area contributed by atoms with E-state index in [1.54, 1.807) is 6.92 Å². The smallest absolute Gasteiger partial charge is 0.407 e. The number of hydrogen-bond acceptors (Lipinski definition) is 5. The Morgan fingerprint density at radius 1 is 0.875 bits per heavy atom. The summed E-state index contributed by atoms with van der Waals surface area (Å²) < 4.78 is 11.6. The van der Waals surface area contributed by atoms with Gasteiger partial charge in [0.1, 0.15) is 18.7 Å². The highest BCUT2D eigenvalue weighted by molar-refractivity contribution is 5.89. The Labute approximate surface area is 233 Å². The van der Waals surface area contributed by atoms with Gasteiger partial charge < -0.3 is 25.2 Å². The van der Waals surface area contributed by atoms with Crippen LogP contribution in [0.5, 0.6) is 0 Å². The molecule has 8 heteroatoms. The van der Waals surface area contributed by atoms with Crippen LogP contribution in [0.1, 0.15) is 48.8 Å². The lowest BCUT2D eigenvalue weighted by Gasteiger charge is -2.26. The number of benzene rings is 3. The third-order valence-corrected chi connectivity index (χ3v) is 7.61. The van der Waals surface area contributed by atoms with Crippen LogP contribution in [-0.2, 0) is 25.7 Å². The van der Waals surface area contributed by atoms with Crippen molar-refractivity contribution < 1.29 is 29.0 Å². The van der Waals surface area contributed by atoms with Gasteiger partial charge in [-0.15, -0.1) is 0 Å². The Hall–Kier alpha value is -4.17. The van der Waals surface area contributed by atoms with E-state index in [2.05, 4.69) is 22.8 Å². The number of amides is 2. The van der Waals surface area contributed by atoms with Crippen molar-refractivity contribution in [2.75, 3.05) is 6.61 Å². The molecule has 8 nitrogen and oxygen atoms in total. The Morgan fingerprint density at radius 3 is 2.08 bits per heavy atom. The topological polar surface area (TPSA) is 114 Å². The van der Waals surface area contributed by atoms with Crippen LogP contribution < -0.4 is 10.6 Å². The van der Waals surface area contributed by atoms with E-state index in [4.69, 9.17) is 9.47 Å². The van der Waals surface area contributed by atoms with Crippen LogP contribution in [0.25, 0.3) is 11.1 Å². The maximum atomic E-state index is 13.3. The number of nitrogens with one attached hydrogen (secondary N) is 2. The standard InChI is InChI=1S/C32H34N2O6/c1-20(39-18-22-9-3-2-4-10-22)29(30(35)33-28(31(36)37)17-21-15-16-21)34-32(38)40-19-27-25-13-7-5-11-23(25)24-12-6-8-14-26(24)27/h2-14,20-21,27-29H,15-19H2,1H3,(H,33,35)(H,34,38)(H,36,37)/t20-,28?,29+/m0/s1. The highest BCUT2D eigenvalue weighted by Crippen LogP contribution is 2.44. The molecule has 208 valence electrons. The lowest BCUT2D eigenvalue weighted by molar-refractivity contribution is -0.143. The molecule has 0 aliphatic heterocycles. The summed E-state index contributed by atoms with van der Waals surface area (Å²) in [6, 6.07) is 23.4. The fraction of sp³-hybridized carbons (Fsp3) is 0.344. The monoisotopic (exact) mass is 542 g/mol. The molecule has 3 aromatic rings. The quantitative estimate of drug-likeness (QED) is 0.301. The lowest BCUT2D eigenvalue weighted by Crippen LogP contribution is -2.56. The molecule has 40 heavy (non-hydrogen) atoms. The number of carbonyl (C=O) groups is 3. The summed E-state index contributed by atoms with van der Waals surface area (Å²) in [6.07, 6.45) is 0.746. The minimum Gasteiger partial charge on any atom is -0.480 e. The van der Waals surface area contributed by atoms with Crippen LogP contribution in [0, 0.1) is 5.92 Å². The average molecular weight is 543 g/mol. The third-order valence-electron chi connectivity index (χ3n) is 7.61. The van der Waals surface area contributed by atoms with Crippen molar-refractivity contribution in [3.8, 4) is 11.1 Å². The molecule has 5 rings (SSSR count). The molecule has 1 unspecified atom stereocenters. The molecular formula is C32H34N2O6. The van der Waals surface area contributed by atoms with Crippen LogP contribution in [0.2, 0.25) is 0 Å². The first-order chi connectivity index (χ1) is 19.4. The van der Waals surface area contributed by atoms with Gasteiger partial charge in [0.15, 0.2) is 0 Å². The second kappa shape index (κ2) is 12.3. The van der Waals surface area contributed by atoms with Crippen molar-refractivity contribution in [2.24, 2.45) is 5.92 Å². The van der Waals surface area contributed by atoms with E-state index < -0.39 is 36.2 Å². The molecule has 0 saturated heterocycles. The number of ether oxygens (including phenoxy) is 2. The number of aliphatic carboxylic acids is 1. The number of rotatable bonds is 12. The van der Waals surface area contributed by atoms with Gasteiger partial charge in [0, 0.05) is 5.92 Å². The molecule has 0 radical (unpaired) electrons. The predicted molar refractivity (Wildman–Crippen MR) is 150 cm³/mol. The predicted octanol–water partition coefficient (Wildman–Crippen LogP) is 4.87. The van der Waals surface area contributed by atoms with E-state index in [0.717, 1.165) is 40.7 Å². The molecule has 2 aliphatic carbocycles. The van der Waals surface area contributed by atoms with E-state index in [1.807, 2.05) is 66.7 Å². The van der Waals surface area contributed by atoms with Gasteiger partial charge in [0.2, 0.25) is 5.91 Å². The number of hydrogen-bond donors (Lipinski definition) is 3. The molecular weight excluding hydrogens is 508 g/mol. The number of alkyl carbamates (subject to hydrolysis) is 1. The zero-order valence-corrected chi connectivity index (χ0v) is 22.4. The zero-order valence-electron chi connectivity index (χ0n) is 22.4. The summed E-state index contributed by atoms with van der Waals surface area (Å²) in [5.74, 6) is -1.56. The summed E-state index contributed by atoms with van der Waals surface area (Å²) in [5.41, 5.74) is 5.29. The third kappa shape index (κ3) is 6.51. The van der Waals surface area contributed by atoms with E-state index in [0.29, 0.717) is 12.3 Å². The normalized spacial score (nSPS) is 16.2. The number of carboxylic acid groups (broad SMARTS) is 1. The van der Waals surface area contributed by atoms with E-state index >= 15 is 0 Å². The Balaban J connectivity index is 1.26. The maximum Gasteiger partial charge on any atom is 0.407 e. The van der Waals surface area contributed by atoms with Gasteiger partial charge in [-0.25, -0.2) is 9.59 Å². The zero-order chi connectivity index (χ0) is 28.1. The van der Waals surface area contributed by atoms with Crippen molar-refractivity contribution in [1.82, 2.24) is 10.6 Å². The van der Waals surface area contributed by atoms with Gasteiger partial charge in [-0.3, -0.25) is 4.79 Å². The molecule has 1 fully saturated rings. The van der Waals surface area contributed by atoms with Gasteiger partial charge in [-0.1, -0.05) is 91.7 Å². The van der Waals surface area contributed by atoms with Gasteiger partial charge in [0.25, 0.3) is 0 Å². The minimum atomic E-state index is -1.15. The second-order valence-corrected chi connectivity index (χ2v) is 10.5. The SMILES string of the molecule is C[C@H](OCc1ccccc1)[C@@H](NC(=O)OCC1c2ccccc2-c2ccccc21)C(=O)NC(CC1CC1)C(=O)O. The molecule has 0 spiro atoms. The first-order valence-corrected chi connectivity index (χ1v) is 13.7. The summed E-state index contributed by atoms with van der Waals surface area (Å²) in [4.78, 5) is 38.2. The fourth-order valence-corrected chi connectivity index (χ4v) is 5.23. The van der Waals surface area contributed by atoms with E-state index in [9.17, 15) is 19.5 Å². The number of carbonyl (C=O) groups excluding carboxylic acids is 2. The molecule has 0 bridgehead atoms. The molecule has 3 aromatic carbocycles. The molecule has 2 aliphatic rings. The van der Waals surface area contributed by atoms with Crippen molar-refractivity contribution in [3.05, 3.63) is 95.6 Å². The molecule has 2 amide bonds.